The molecule has 0 aromatic carbocycles. The molecule has 0 aliphatic rings. The van der Waals surface area contributed by atoms with E-state index in [9.17, 15) is 0 Å². The van der Waals surface area contributed by atoms with Gasteiger partial charge in [0.2, 0.25) is 0 Å². The maximum absolute atomic E-state index is 4.47. The van der Waals surface area contributed by atoms with E-state index in [1.54, 1.807) is 6.20 Å². The fourth-order valence-corrected chi connectivity index (χ4v) is 2.33. The monoisotopic (exact) mass is 258 g/mol. The fourth-order valence-electron chi connectivity index (χ4n) is 2.33. The van der Waals surface area contributed by atoms with E-state index in [0.29, 0.717) is 12.0 Å². The summed E-state index contributed by atoms with van der Waals surface area (Å²) in [5.41, 5.74) is 1.05. The van der Waals surface area contributed by atoms with Crippen LogP contribution in [0, 0.1) is 12.8 Å². The lowest BCUT2D eigenvalue weighted by Gasteiger charge is -2.19. The predicted octanol–water partition coefficient (Wildman–Crippen LogP) is 3.42. The summed E-state index contributed by atoms with van der Waals surface area (Å²) in [5.74, 6) is 2.53. The number of hydrogen-bond donors (Lipinski definition) is 1. The molecule has 0 saturated carbocycles. The highest BCUT2D eigenvalue weighted by atomic mass is 15.1. The largest absolute Gasteiger partial charge is 0.380 e. The van der Waals surface area contributed by atoms with Gasteiger partial charge in [-0.3, -0.25) is 4.57 Å². The molecule has 2 rings (SSSR count). The maximum Gasteiger partial charge on any atom is 0.161 e. The molecule has 0 radical (unpaired) electrons. The second kappa shape index (κ2) is 5.87. The first-order valence-electron chi connectivity index (χ1n) is 6.79. The third-order valence-corrected chi connectivity index (χ3v) is 3.07. The summed E-state index contributed by atoms with van der Waals surface area (Å²) >= 11 is 0. The number of nitrogens with one attached hydrogen (secondary N) is 1. The minimum absolute atomic E-state index is 0.423. The van der Waals surface area contributed by atoms with Crippen LogP contribution in [0.25, 0.3) is 5.82 Å². The second-order valence-electron chi connectivity index (χ2n) is 5.39. The number of anilines is 1. The van der Waals surface area contributed by atoms with E-state index in [2.05, 4.69) is 42.1 Å². The van der Waals surface area contributed by atoms with Gasteiger partial charge in [-0.2, -0.15) is 0 Å². The average Bonchev–Trinajstić information content (AvgIpc) is 2.75. The van der Waals surface area contributed by atoms with E-state index >= 15 is 0 Å². The molecule has 102 valence electrons. The molecule has 1 N–H and O–H groups in total. The highest BCUT2D eigenvalue weighted by Gasteiger charge is 2.11. The van der Waals surface area contributed by atoms with Crippen molar-refractivity contribution in [2.24, 2.45) is 5.92 Å². The zero-order valence-electron chi connectivity index (χ0n) is 12.1. The SMILES string of the molecule is Cc1nccn1-c1ncccc1NC(C)CC(C)C. The molecule has 0 amide bonds. The molecule has 0 fully saturated rings. The van der Waals surface area contributed by atoms with Crippen molar-refractivity contribution in [2.45, 2.75) is 40.2 Å². The molecule has 0 saturated heterocycles. The van der Waals surface area contributed by atoms with Gasteiger partial charge in [-0.25, -0.2) is 9.97 Å². The second-order valence-corrected chi connectivity index (χ2v) is 5.39. The van der Waals surface area contributed by atoms with Crippen LogP contribution in [-0.4, -0.2) is 20.6 Å². The summed E-state index contributed by atoms with van der Waals surface area (Å²) in [4.78, 5) is 8.73. The number of nitrogens with zero attached hydrogens (tertiary/aromatic N) is 3. The van der Waals surface area contributed by atoms with Crippen molar-refractivity contribution in [3.8, 4) is 5.82 Å². The molecule has 2 aromatic heterocycles. The molecule has 0 aliphatic carbocycles. The smallest absolute Gasteiger partial charge is 0.161 e. The van der Waals surface area contributed by atoms with Crippen LogP contribution in [0.1, 0.15) is 33.0 Å². The van der Waals surface area contributed by atoms with Gasteiger partial charge in [-0.15, -0.1) is 0 Å². The molecule has 0 bridgehead atoms. The lowest BCUT2D eigenvalue weighted by Crippen LogP contribution is -2.19. The summed E-state index contributed by atoms with van der Waals surface area (Å²) in [6.07, 6.45) is 6.69. The van der Waals surface area contributed by atoms with Crippen molar-refractivity contribution in [3.05, 3.63) is 36.5 Å². The summed E-state index contributed by atoms with van der Waals surface area (Å²) < 4.78 is 2.00. The van der Waals surface area contributed by atoms with Crippen molar-refractivity contribution in [1.82, 2.24) is 14.5 Å². The lowest BCUT2D eigenvalue weighted by molar-refractivity contribution is 0.539. The van der Waals surface area contributed by atoms with E-state index < -0.39 is 0 Å². The van der Waals surface area contributed by atoms with Crippen molar-refractivity contribution in [3.63, 3.8) is 0 Å². The van der Waals surface area contributed by atoms with Crippen LogP contribution < -0.4 is 5.32 Å². The van der Waals surface area contributed by atoms with Gasteiger partial charge in [0.15, 0.2) is 5.82 Å². The van der Waals surface area contributed by atoms with Crippen LogP contribution in [0.15, 0.2) is 30.7 Å². The number of rotatable bonds is 5. The number of aryl methyl sites for hydroxylation is 1. The Morgan fingerprint density at radius 1 is 1.21 bits per heavy atom. The molecule has 19 heavy (non-hydrogen) atoms. The van der Waals surface area contributed by atoms with E-state index in [0.717, 1.165) is 23.8 Å². The Balaban J connectivity index is 2.25. The Bertz CT molecular complexity index is 530. The number of pyridine rings is 1. The van der Waals surface area contributed by atoms with Gasteiger partial charge in [-0.05, 0) is 38.3 Å². The van der Waals surface area contributed by atoms with E-state index in [1.807, 2.05) is 30.0 Å². The highest BCUT2D eigenvalue weighted by Crippen LogP contribution is 2.20. The normalized spacial score (nSPS) is 12.7. The van der Waals surface area contributed by atoms with Gasteiger partial charge in [0.1, 0.15) is 5.82 Å². The summed E-state index contributed by atoms with van der Waals surface area (Å²) in [5, 5.41) is 3.55. The van der Waals surface area contributed by atoms with Crippen LogP contribution >= 0.6 is 0 Å². The summed E-state index contributed by atoms with van der Waals surface area (Å²) in [6, 6.07) is 4.45. The Kier molecular flexibility index (Phi) is 4.20. The minimum Gasteiger partial charge on any atom is -0.380 e. The molecule has 4 heteroatoms. The summed E-state index contributed by atoms with van der Waals surface area (Å²) in [6.45, 7) is 8.66. The fraction of sp³-hybridized carbons (Fsp3) is 0.467. The molecular formula is C15H22N4. The third kappa shape index (κ3) is 3.34. The van der Waals surface area contributed by atoms with Crippen LogP contribution in [0.3, 0.4) is 0 Å². The number of imidazole rings is 1. The number of aromatic nitrogens is 3. The molecule has 2 aromatic rings. The number of hydrogen-bond acceptors (Lipinski definition) is 3. The zero-order valence-corrected chi connectivity index (χ0v) is 12.1. The first-order chi connectivity index (χ1) is 9.08. The zero-order chi connectivity index (χ0) is 13.8. The highest BCUT2D eigenvalue weighted by molar-refractivity contribution is 5.57. The molecule has 4 nitrogen and oxygen atoms in total. The molecule has 0 aliphatic heterocycles. The van der Waals surface area contributed by atoms with Crippen molar-refractivity contribution in [1.29, 1.82) is 0 Å². The van der Waals surface area contributed by atoms with Gasteiger partial charge in [0.25, 0.3) is 0 Å². The minimum atomic E-state index is 0.423. The van der Waals surface area contributed by atoms with E-state index in [4.69, 9.17) is 0 Å². The Hall–Kier alpha value is -1.84. The first kappa shape index (κ1) is 13.6. The molecular weight excluding hydrogens is 236 g/mol. The maximum atomic E-state index is 4.47. The lowest BCUT2D eigenvalue weighted by atomic mass is 10.1. The molecule has 0 spiro atoms. The standard InChI is InChI=1S/C15H22N4/c1-11(2)10-12(3)18-14-6-5-7-17-15(14)19-9-8-16-13(19)4/h5-9,11-12,18H,10H2,1-4H3. The van der Waals surface area contributed by atoms with Crippen molar-refractivity contribution >= 4 is 5.69 Å². The summed E-state index contributed by atoms with van der Waals surface area (Å²) in [7, 11) is 0. The first-order valence-corrected chi connectivity index (χ1v) is 6.79. The molecule has 1 unspecified atom stereocenters. The van der Waals surface area contributed by atoms with Gasteiger partial charge in [0.05, 0.1) is 5.69 Å². The Morgan fingerprint density at radius 2 is 2.00 bits per heavy atom. The van der Waals surface area contributed by atoms with E-state index in [-0.39, 0.29) is 0 Å². The topological polar surface area (TPSA) is 42.7 Å². The van der Waals surface area contributed by atoms with Gasteiger partial charge in [-0.1, -0.05) is 13.8 Å². The van der Waals surface area contributed by atoms with Crippen LogP contribution in [0.5, 0.6) is 0 Å². The van der Waals surface area contributed by atoms with Gasteiger partial charge in [0, 0.05) is 24.6 Å². The average molecular weight is 258 g/mol. The Labute approximate surface area is 114 Å². The Morgan fingerprint density at radius 3 is 2.63 bits per heavy atom. The van der Waals surface area contributed by atoms with Crippen LogP contribution in [-0.2, 0) is 0 Å². The van der Waals surface area contributed by atoms with Crippen molar-refractivity contribution in [2.75, 3.05) is 5.32 Å². The molecule has 1 atom stereocenters. The van der Waals surface area contributed by atoms with Gasteiger partial charge >= 0.3 is 0 Å². The quantitative estimate of drug-likeness (QED) is 0.893. The van der Waals surface area contributed by atoms with Gasteiger partial charge < -0.3 is 5.32 Å². The predicted molar refractivity (Wildman–Crippen MR) is 78.6 cm³/mol. The molecule has 2 heterocycles. The van der Waals surface area contributed by atoms with Crippen molar-refractivity contribution < 1.29 is 0 Å². The van der Waals surface area contributed by atoms with Crippen LogP contribution in [0.2, 0.25) is 0 Å². The van der Waals surface area contributed by atoms with Crippen LogP contribution in [0.4, 0.5) is 5.69 Å². The third-order valence-electron chi connectivity index (χ3n) is 3.07. The van der Waals surface area contributed by atoms with E-state index in [1.165, 1.54) is 0 Å².